The lowest BCUT2D eigenvalue weighted by atomic mass is 10.2. The van der Waals surface area contributed by atoms with Crippen LogP contribution in [0.1, 0.15) is 0 Å². The molecule has 96 valence electrons. The minimum absolute atomic E-state index is 0.0403. The Morgan fingerprint density at radius 3 is 2.71 bits per heavy atom. The van der Waals surface area contributed by atoms with Gasteiger partial charge in [0.15, 0.2) is 5.75 Å². The molecule has 1 rings (SSSR count). The number of alkyl halides is 3. The van der Waals surface area contributed by atoms with E-state index in [-0.39, 0.29) is 28.9 Å². The van der Waals surface area contributed by atoms with Crippen LogP contribution in [0.5, 0.6) is 5.75 Å². The van der Waals surface area contributed by atoms with Crippen molar-refractivity contribution in [2.45, 2.75) is 12.7 Å². The van der Waals surface area contributed by atoms with E-state index in [2.05, 4.69) is 10.1 Å². The Balaban J connectivity index is 2.79. The largest absolute Gasteiger partial charge is 0.431 e. The van der Waals surface area contributed by atoms with Crippen LogP contribution in [0.2, 0.25) is 5.02 Å². The van der Waals surface area contributed by atoms with Gasteiger partial charge in [-0.15, -0.1) is 11.6 Å². The molecule has 0 aliphatic rings. The van der Waals surface area contributed by atoms with Crippen molar-refractivity contribution in [3.05, 3.63) is 23.2 Å². The number of para-hydroxylation sites is 1. The Labute approximate surface area is 107 Å². The minimum Gasteiger partial charge on any atom is -0.431 e. The normalized spacial score (nSPS) is 12.6. The maximum Gasteiger partial charge on any atom is 0.387 e. The summed E-state index contributed by atoms with van der Waals surface area (Å²) in [6.07, 6.45) is -0.782. The summed E-state index contributed by atoms with van der Waals surface area (Å²) in [4.78, 5) is 0. The number of aliphatic hydroxyl groups excluding tert-OH is 1. The van der Waals surface area contributed by atoms with Gasteiger partial charge in [-0.2, -0.15) is 8.78 Å². The number of ether oxygens (including phenoxy) is 1. The fraction of sp³-hybridized carbons (Fsp3) is 0.400. The quantitative estimate of drug-likeness (QED) is 0.790. The van der Waals surface area contributed by atoms with Crippen LogP contribution in [0.3, 0.4) is 0 Å². The van der Waals surface area contributed by atoms with Crippen LogP contribution < -0.4 is 10.1 Å². The Hall–Kier alpha value is -0.780. The Morgan fingerprint density at radius 2 is 2.12 bits per heavy atom. The number of aliphatic hydroxyl groups is 1. The molecular formula is C10H11Cl2F2NO2. The second-order valence-corrected chi connectivity index (χ2v) is 3.90. The molecule has 1 aromatic carbocycles. The summed E-state index contributed by atoms with van der Waals surface area (Å²) in [6, 6.07) is 4.53. The van der Waals surface area contributed by atoms with Crippen LogP contribution in [0.25, 0.3) is 0 Å². The monoisotopic (exact) mass is 285 g/mol. The third-order valence-electron chi connectivity index (χ3n) is 1.88. The summed E-state index contributed by atoms with van der Waals surface area (Å²) in [7, 11) is 0. The number of hydrogen-bond donors (Lipinski definition) is 2. The average Bonchev–Trinajstić information content (AvgIpc) is 2.29. The average molecular weight is 286 g/mol. The summed E-state index contributed by atoms with van der Waals surface area (Å²) in [6.45, 7) is -2.85. The van der Waals surface area contributed by atoms with Crippen molar-refractivity contribution in [2.75, 3.05) is 17.7 Å². The summed E-state index contributed by atoms with van der Waals surface area (Å²) < 4.78 is 28.6. The van der Waals surface area contributed by atoms with Crippen molar-refractivity contribution >= 4 is 28.9 Å². The number of benzene rings is 1. The highest BCUT2D eigenvalue weighted by atomic mass is 35.5. The van der Waals surface area contributed by atoms with Gasteiger partial charge in [-0.3, -0.25) is 0 Å². The molecule has 17 heavy (non-hydrogen) atoms. The van der Waals surface area contributed by atoms with Gasteiger partial charge in [-0.05, 0) is 12.1 Å². The van der Waals surface area contributed by atoms with Gasteiger partial charge in [-0.1, -0.05) is 17.7 Å². The highest BCUT2D eigenvalue weighted by Crippen LogP contribution is 2.34. The van der Waals surface area contributed by atoms with E-state index in [9.17, 15) is 13.9 Å². The number of hydrogen-bond acceptors (Lipinski definition) is 3. The molecule has 0 saturated heterocycles. The molecule has 0 fully saturated rings. The van der Waals surface area contributed by atoms with Crippen LogP contribution in [0, 0.1) is 0 Å². The molecular weight excluding hydrogens is 275 g/mol. The fourth-order valence-corrected chi connectivity index (χ4v) is 1.47. The predicted molar refractivity (Wildman–Crippen MR) is 63.3 cm³/mol. The van der Waals surface area contributed by atoms with Crippen LogP contribution in [0.4, 0.5) is 14.5 Å². The molecule has 0 radical (unpaired) electrons. The van der Waals surface area contributed by atoms with E-state index in [0.717, 1.165) is 0 Å². The third-order valence-corrected chi connectivity index (χ3v) is 2.53. The molecule has 7 heteroatoms. The van der Waals surface area contributed by atoms with Crippen molar-refractivity contribution in [2.24, 2.45) is 0 Å². The zero-order chi connectivity index (χ0) is 12.8. The molecule has 0 saturated carbocycles. The Kier molecular flexibility index (Phi) is 5.74. The van der Waals surface area contributed by atoms with E-state index in [4.69, 9.17) is 23.2 Å². The van der Waals surface area contributed by atoms with Crippen LogP contribution in [-0.4, -0.2) is 30.2 Å². The topological polar surface area (TPSA) is 41.5 Å². The number of halogens is 4. The first-order valence-electron chi connectivity index (χ1n) is 4.75. The molecule has 0 aliphatic heterocycles. The zero-order valence-electron chi connectivity index (χ0n) is 8.67. The maximum absolute atomic E-state index is 12.2. The standard InChI is InChI=1S/C10H11Cl2F2NO2/c11-4-6(16)5-15-8-3-1-2-7(12)9(8)17-10(13)14/h1-3,6,10,15-16H,4-5H2. The Bertz CT molecular complexity index is 366. The van der Waals surface area contributed by atoms with Gasteiger partial charge in [0.25, 0.3) is 0 Å². The molecule has 1 unspecified atom stereocenters. The second kappa shape index (κ2) is 6.83. The molecule has 3 nitrogen and oxygen atoms in total. The number of anilines is 1. The first kappa shape index (κ1) is 14.3. The van der Waals surface area contributed by atoms with Crippen molar-refractivity contribution in [3.63, 3.8) is 0 Å². The van der Waals surface area contributed by atoms with Crippen LogP contribution in [-0.2, 0) is 0 Å². The molecule has 0 amide bonds. The molecule has 0 aromatic heterocycles. The molecule has 0 aliphatic carbocycles. The van der Waals surface area contributed by atoms with E-state index in [1.54, 1.807) is 6.07 Å². The molecule has 0 spiro atoms. The smallest absolute Gasteiger partial charge is 0.387 e. The van der Waals surface area contributed by atoms with E-state index in [0.29, 0.717) is 0 Å². The molecule has 0 bridgehead atoms. The van der Waals surface area contributed by atoms with E-state index in [1.807, 2.05) is 0 Å². The van der Waals surface area contributed by atoms with Gasteiger partial charge in [0.05, 0.1) is 22.7 Å². The number of rotatable bonds is 6. The van der Waals surface area contributed by atoms with Crippen LogP contribution >= 0.6 is 23.2 Å². The zero-order valence-corrected chi connectivity index (χ0v) is 10.2. The lowest BCUT2D eigenvalue weighted by molar-refractivity contribution is -0.0493. The van der Waals surface area contributed by atoms with Gasteiger partial charge in [-0.25, -0.2) is 0 Å². The molecule has 1 aromatic rings. The Morgan fingerprint density at radius 1 is 1.41 bits per heavy atom. The lowest BCUT2D eigenvalue weighted by Gasteiger charge is -2.15. The lowest BCUT2D eigenvalue weighted by Crippen LogP contribution is -2.21. The molecule has 1 atom stereocenters. The predicted octanol–water partition coefficient (Wildman–Crippen LogP) is 2.95. The van der Waals surface area contributed by atoms with Gasteiger partial charge in [0.1, 0.15) is 0 Å². The fourth-order valence-electron chi connectivity index (χ4n) is 1.14. The minimum atomic E-state index is -2.96. The van der Waals surface area contributed by atoms with Gasteiger partial charge in [0, 0.05) is 6.54 Å². The van der Waals surface area contributed by atoms with Crippen molar-refractivity contribution in [1.29, 1.82) is 0 Å². The SMILES string of the molecule is OC(CCl)CNc1cccc(Cl)c1OC(F)F. The highest BCUT2D eigenvalue weighted by molar-refractivity contribution is 6.32. The molecule has 2 N–H and O–H groups in total. The van der Waals surface area contributed by atoms with E-state index >= 15 is 0 Å². The highest BCUT2D eigenvalue weighted by Gasteiger charge is 2.14. The van der Waals surface area contributed by atoms with Crippen molar-refractivity contribution in [1.82, 2.24) is 0 Å². The summed E-state index contributed by atoms with van der Waals surface area (Å²) in [5.41, 5.74) is 0.280. The van der Waals surface area contributed by atoms with E-state index < -0.39 is 12.7 Å². The van der Waals surface area contributed by atoms with Gasteiger partial charge in [0.2, 0.25) is 0 Å². The summed E-state index contributed by atoms with van der Waals surface area (Å²) >= 11 is 11.1. The first-order valence-corrected chi connectivity index (χ1v) is 5.67. The maximum atomic E-state index is 12.2. The van der Waals surface area contributed by atoms with Crippen LogP contribution in [0.15, 0.2) is 18.2 Å². The second-order valence-electron chi connectivity index (χ2n) is 3.18. The third kappa shape index (κ3) is 4.53. The molecule has 0 heterocycles. The summed E-state index contributed by atoms with van der Waals surface area (Å²) in [5, 5.41) is 12.0. The van der Waals surface area contributed by atoms with E-state index in [1.165, 1.54) is 12.1 Å². The van der Waals surface area contributed by atoms with Gasteiger partial charge < -0.3 is 15.2 Å². The van der Waals surface area contributed by atoms with Gasteiger partial charge >= 0.3 is 6.61 Å². The van der Waals surface area contributed by atoms with Crippen molar-refractivity contribution in [3.8, 4) is 5.75 Å². The van der Waals surface area contributed by atoms with Crippen molar-refractivity contribution < 1.29 is 18.6 Å². The number of nitrogens with one attached hydrogen (secondary N) is 1. The summed E-state index contributed by atoms with van der Waals surface area (Å²) in [5.74, 6) is -0.107. The first-order chi connectivity index (χ1) is 8.04.